The third kappa shape index (κ3) is 2.67. The summed E-state index contributed by atoms with van der Waals surface area (Å²) in [5, 5.41) is 22.7. The Morgan fingerprint density at radius 1 is 0.636 bits per heavy atom. The van der Waals surface area contributed by atoms with E-state index in [-0.39, 0.29) is 22.5 Å². The van der Waals surface area contributed by atoms with Gasteiger partial charge in [-0.3, -0.25) is 20.2 Å². The van der Waals surface area contributed by atoms with Crippen molar-refractivity contribution in [1.82, 2.24) is 0 Å². The summed E-state index contributed by atoms with van der Waals surface area (Å²) in [5.74, 6) is 0. The first kappa shape index (κ1) is 15.6. The van der Waals surface area contributed by atoms with Gasteiger partial charge in [0.25, 0.3) is 11.4 Å². The molecule has 0 aliphatic rings. The first-order valence-electron chi connectivity index (χ1n) is 6.74. The molecule has 0 spiro atoms. The fourth-order valence-electron chi connectivity index (χ4n) is 2.34. The van der Waals surface area contributed by atoms with Crippen LogP contribution in [0.3, 0.4) is 0 Å². The number of hydrogen-bond acceptors (Lipinski definition) is 4. The third-order valence-corrected chi connectivity index (χ3v) is 3.91. The van der Waals surface area contributed by atoms with Crippen LogP contribution in [-0.4, -0.2) is 9.85 Å². The first-order valence-corrected chi connectivity index (χ1v) is 6.74. The summed E-state index contributed by atoms with van der Waals surface area (Å²) in [6.07, 6.45) is 0. The van der Waals surface area contributed by atoms with E-state index in [4.69, 9.17) is 0 Å². The van der Waals surface area contributed by atoms with Gasteiger partial charge in [-0.1, -0.05) is 0 Å². The Kier molecular flexibility index (Phi) is 3.95. The van der Waals surface area contributed by atoms with Crippen molar-refractivity contribution in [2.45, 2.75) is 27.7 Å². The summed E-state index contributed by atoms with van der Waals surface area (Å²) in [5.41, 5.74) is 3.60. The molecule has 0 fully saturated rings. The standard InChI is InChI=1S/C16H16N2O4/c1-9-5-13(15(17(19)20)7-11(9)3)14-6-10(2)12(4)8-16(14)18(21)22/h5-8H,1-4H3. The number of nitro benzene ring substituents is 2. The van der Waals surface area contributed by atoms with Gasteiger partial charge in [0.15, 0.2) is 0 Å². The predicted octanol–water partition coefficient (Wildman–Crippen LogP) is 4.40. The van der Waals surface area contributed by atoms with Gasteiger partial charge in [0.2, 0.25) is 0 Å². The van der Waals surface area contributed by atoms with E-state index in [0.717, 1.165) is 22.3 Å². The van der Waals surface area contributed by atoms with E-state index in [1.807, 2.05) is 13.8 Å². The minimum Gasteiger partial charge on any atom is -0.258 e. The lowest BCUT2D eigenvalue weighted by Gasteiger charge is -2.10. The van der Waals surface area contributed by atoms with Crippen molar-refractivity contribution in [1.29, 1.82) is 0 Å². The second-order valence-electron chi connectivity index (χ2n) is 5.42. The molecule has 0 aliphatic heterocycles. The molecule has 0 N–H and O–H groups in total. The van der Waals surface area contributed by atoms with Gasteiger partial charge in [-0.15, -0.1) is 0 Å². The number of nitro groups is 2. The van der Waals surface area contributed by atoms with Crippen LogP contribution in [0.15, 0.2) is 24.3 Å². The molecule has 2 aromatic rings. The quantitative estimate of drug-likeness (QED) is 0.620. The lowest BCUT2D eigenvalue weighted by atomic mass is 9.94. The lowest BCUT2D eigenvalue weighted by Crippen LogP contribution is -1.99. The van der Waals surface area contributed by atoms with Crippen molar-refractivity contribution >= 4 is 11.4 Å². The van der Waals surface area contributed by atoms with Crippen molar-refractivity contribution in [3.8, 4) is 11.1 Å². The van der Waals surface area contributed by atoms with Crippen LogP contribution < -0.4 is 0 Å². The molecule has 0 atom stereocenters. The topological polar surface area (TPSA) is 86.3 Å². The van der Waals surface area contributed by atoms with Crippen molar-refractivity contribution in [2.75, 3.05) is 0 Å². The van der Waals surface area contributed by atoms with Gasteiger partial charge in [-0.2, -0.15) is 0 Å². The number of hydrogen-bond donors (Lipinski definition) is 0. The second-order valence-corrected chi connectivity index (χ2v) is 5.42. The van der Waals surface area contributed by atoms with Crippen LogP contribution >= 0.6 is 0 Å². The Morgan fingerprint density at radius 2 is 0.909 bits per heavy atom. The molecule has 0 saturated heterocycles. The normalized spacial score (nSPS) is 10.5. The molecule has 22 heavy (non-hydrogen) atoms. The molecule has 0 unspecified atom stereocenters. The molecule has 0 radical (unpaired) electrons. The molecule has 2 aromatic carbocycles. The van der Waals surface area contributed by atoms with Crippen LogP contribution in [0.2, 0.25) is 0 Å². The lowest BCUT2D eigenvalue weighted by molar-refractivity contribution is -0.386. The largest absolute Gasteiger partial charge is 0.277 e. The Bertz CT molecular complexity index is 730. The maximum atomic E-state index is 11.3. The summed E-state index contributed by atoms with van der Waals surface area (Å²) in [6, 6.07) is 6.21. The predicted molar refractivity (Wildman–Crippen MR) is 84.1 cm³/mol. The van der Waals surface area contributed by atoms with Crippen LogP contribution in [0.25, 0.3) is 11.1 Å². The Hall–Kier alpha value is -2.76. The van der Waals surface area contributed by atoms with E-state index < -0.39 is 9.85 Å². The highest BCUT2D eigenvalue weighted by atomic mass is 16.6. The molecule has 0 aliphatic carbocycles. The average molecular weight is 300 g/mol. The average Bonchev–Trinajstić information content (AvgIpc) is 2.43. The third-order valence-electron chi connectivity index (χ3n) is 3.91. The fourth-order valence-corrected chi connectivity index (χ4v) is 2.34. The summed E-state index contributed by atoms with van der Waals surface area (Å²) in [6.45, 7) is 7.21. The number of aryl methyl sites for hydroxylation is 4. The van der Waals surface area contributed by atoms with E-state index >= 15 is 0 Å². The zero-order chi connectivity index (χ0) is 16.6. The van der Waals surface area contributed by atoms with E-state index in [1.54, 1.807) is 26.0 Å². The Balaban J connectivity index is 2.87. The van der Waals surface area contributed by atoms with Gasteiger partial charge >= 0.3 is 0 Å². The molecule has 6 heteroatoms. The monoisotopic (exact) mass is 300 g/mol. The summed E-state index contributed by atoms with van der Waals surface area (Å²) in [4.78, 5) is 21.7. The van der Waals surface area contributed by atoms with Gasteiger partial charge in [0.05, 0.1) is 21.0 Å². The van der Waals surface area contributed by atoms with Crippen molar-refractivity contribution in [3.05, 3.63) is 66.7 Å². The number of nitrogens with zero attached hydrogens (tertiary/aromatic N) is 2. The molecule has 0 heterocycles. The zero-order valence-electron chi connectivity index (χ0n) is 12.8. The van der Waals surface area contributed by atoms with Gasteiger partial charge in [0, 0.05) is 12.1 Å². The van der Waals surface area contributed by atoms with Crippen molar-refractivity contribution in [2.24, 2.45) is 0 Å². The zero-order valence-corrected chi connectivity index (χ0v) is 12.8. The van der Waals surface area contributed by atoms with E-state index in [2.05, 4.69) is 0 Å². The molecule has 6 nitrogen and oxygen atoms in total. The first-order chi connectivity index (χ1) is 10.2. The SMILES string of the molecule is Cc1cc(-c2cc(C)c(C)cc2[N+](=O)[O-])c([N+](=O)[O-])cc1C. The molecule has 114 valence electrons. The number of rotatable bonds is 3. The van der Waals surface area contributed by atoms with Gasteiger partial charge in [0.1, 0.15) is 0 Å². The Morgan fingerprint density at radius 3 is 1.18 bits per heavy atom. The highest BCUT2D eigenvalue weighted by Crippen LogP contribution is 2.39. The molecule has 2 rings (SSSR count). The molecule has 0 bridgehead atoms. The van der Waals surface area contributed by atoms with Gasteiger partial charge in [-0.25, -0.2) is 0 Å². The summed E-state index contributed by atoms with van der Waals surface area (Å²) in [7, 11) is 0. The maximum absolute atomic E-state index is 11.3. The van der Waals surface area contributed by atoms with Crippen LogP contribution in [-0.2, 0) is 0 Å². The summed E-state index contributed by atoms with van der Waals surface area (Å²) < 4.78 is 0. The van der Waals surface area contributed by atoms with Crippen LogP contribution in [0.5, 0.6) is 0 Å². The molecular weight excluding hydrogens is 284 g/mol. The smallest absolute Gasteiger partial charge is 0.258 e. The van der Waals surface area contributed by atoms with E-state index in [1.165, 1.54) is 12.1 Å². The van der Waals surface area contributed by atoms with Gasteiger partial charge < -0.3 is 0 Å². The fraction of sp³-hybridized carbons (Fsp3) is 0.250. The van der Waals surface area contributed by atoms with Crippen molar-refractivity contribution < 1.29 is 9.85 Å². The van der Waals surface area contributed by atoms with Crippen LogP contribution in [0.1, 0.15) is 22.3 Å². The van der Waals surface area contributed by atoms with E-state index in [9.17, 15) is 20.2 Å². The maximum Gasteiger partial charge on any atom is 0.277 e. The minimum absolute atomic E-state index is 0.116. The Labute approximate surface area is 127 Å². The highest BCUT2D eigenvalue weighted by molar-refractivity contribution is 5.82. The minimum atomic E-state index is -0.499. The van der Waals surface area contributed by atoms with Crippen LogP contribution in [0.4, 0.5) is 11.4 Å². The van der Waals surface area contributed by atoms with E-state index in [0.29, 0.717) is 0 Å². The number of benzene rings is 2. The molecular formula is C16H16N2O4. The second kappa shape index (κ2) is 5.55. The van der Waals surface area contributed by atoms with Gasteiger partial charge in [-0.05, 0) is 62.1 Å². The molecule has 0 saturated carbocycles. The summed E-state index contributed by atoms with van der Waals surface area (Å²) >= 11 is 0. The molecule has 0 amide bonds. The van der Waals surface area contributed by atoms with Crippen molar-refractivity contribution in [3.63, 3.8) is 0 Å². The highest BCUT2D eigenvalue weighted by Gasteiger charge is 2.24. The molecule has 0 aromatic heterocycles. The van der Waals surface area contributed by atoms with Crippen LogP contribution in [0, 0.1) is 47.9 Å².